The minimum atomic E-state index is -0.593. The number of para-hydroxylation sites is 2. The molecular formula is C22H15N3O3. The molecule has 6 heteroatoms. The number of carbonyl (C=O) groups is 1. The maximum atomic E-state index is 11.7. The quantitative estimate of drug-likeness (QED) is 0.385. The van der Waals surface area contributed by atoms with Gasteiger partial charge in [-0.25, -0.2) is 9.48 Å². The van der Waals surface area contributed by atoms with Gasteiger partial charge in [-0.1, -0.05) is 36.4 Å². The van der Waals surface area contributed by atoms with Crippen molar-refractivity contribution in [2.24, 2.45) is 0 Å². The van der Waals surface area contributed by atoms with Crippen molar-refractivity contribution in [2.75, 3.05) is 6.61 Å². The largest absolute Gasteiger partial charge is 0.454 e. The Hall–Kier alpha value is -4.11. The van der Waals surface area contributed by atoms with Crippen LogP contribution in [0.25, 0.3) is 34.2 Å². The van der Waals surface area contributed by atoms with Gasteiger partial charge in [0.25, 0.3) is 0 Å². The van der Waals surface area contributed by atoms with Crippen LogP contribution in [-0.2, 0) is 9.53 Å². The van der Waals surface area contributed by atoms with Gasteiger partial charge in [-0.3, -0.25) is 0 Å². The van der Waals surface area contributed by atoms with Crippen molar-refractivity contribution in [3.05, 3.63) is 78.5 Å². The van der Waals surface area contributed by atoms with Crippen LogP contribution in [0.4, 0.5) is 0 Å². The molecule has 0 amide bonds. The molecular weight excluding hydrogens is 354 g/mol. The molecule has 4 rings (SSSR count). The summed E-state index contributed by atoms with van der Waals surface area (Å²) in [7, 11) is 0. The van der Waals surface area contributed by atoms with Crippen molar-refractivity contribution in [2.45, 2.75) is 0 Å². The average molecular weight is 369 g/mol. The lowest BCUT2D eigenvalue weighted by Crippen LogP contribution is -1.99. The summed E-state index contributed by atoms with van der Waals surface area (Å²) in [6.07, 6.45) is 4.69. The summed E-state index contributed by atoms with van der Waals surface area (Å²) < 4.78 is 12.4. The molecule has 0 aliphatic heterocycles. The number of nitrogens with zero attached hydrogens (tertiary/aromatic N) is 3. The molecule has 2 aromatic carbocycles. The van der Waals surface area contributed by atoms with Gasteiger partial charge in [0.15, 0.2) is 12.4 Å². The summed E-state index contributed by atoms with van der Waals surface area (Å²) in [5.41, 5.74) is 2.93. The second-order valence-electron chi connectivity index (χ2n) is 5.96. The summed E-state index contributed by atoms with van der Waals surface area (Å²) in [5, 5.41) is 14.1. The third-order valence-corrected chi connectivity index (χ3v) is 4.10. The summed E-state index contributed by atoms with van der Waals surface area (Å²) in [6.45, 7) is -0.289. The van der Waals surface area contributed by atoms with E-state index in [1.54, 1.807) is 16.8 Å². The van der Waals surface area contributed by atoms with E-state index in [1.807, 2.05) is 66.9 Å². The van der Waals surface area contributed by atoms with Gasteiger partial charge in [-0.15, -0.1) is 0 Å². The Morgan fingerprint density at radius 3 is 2.75 bits per heavy atom. The molecule has 2 heterocycles. The lowest BCUT2D eigenvalue weighted by molar-refractivity contribution is -0.136. The van der Waals surface area contributed by atoms with Crippen LogP contribution in [-0.4, -0.2) is 22.4 Å². The Kier molecular flexibility index (Phi) is 4.72. The first kappa shape index (κ1) is 17.3. The van der Waals surface area contributed by atoms with Crippen LogP contribution in [0.2, 0.25) is 0 Å². The van der Waals surface area contributed by atoms with Crippen LogP contribution in [0.1, 0.15) is 5.56 Å². The highest BCUT2D eigenvalue weighted by Gasteiger charge is 2.15. The van der Waals surface area contributed by atoms with Crippen molar-refractivity contribution in [1.82, 2.24) is 9.78 Å². The maximum absolute atomic E-state index is 11.7. The first-order chi connectivity index (χ1) is 13.7. The second-order valence-corrected chi connectivity index (χ2v) is 5.96. The highest BCUT2D eigenvalue weighted by atomic mass is 16.5. The van der Waals surface area contributed by atoms with Crippen LogP contribution in [0.3, 0.4) is 0 Å². The number of ether oxygens (including phenoxy) is 1. The van der Waals surface area contributed by atoms with Crippen molar-refractivity contribution in [3.8, 4) is 23.2 Å². The van der Waals surface area contributed by atoms with Crippen LogP contribution in [0, 0.1) is 11.3 Å². The van der Waals surface area contributed by atoms with E-state index in [0.717, 1.165) is 16.7 Å². The molecule has 0 fully saturated rings. The number of carbonyl (C=O) groups excluding carboxylic acids is 1. The monoisotopic (exact) mass is 369 g/mol. The zero-order valence-corrected chi connectivity index (χ0v) is 14.8. The van der Waals surface area contributed by atoms with Crippen LogP contribution in [0.5, 0.6) is 0 Å². The molecule has 28 heavy (non-hydrogen) atoms. The van der Waals surface area contributed by atoms with Crippen LogP contribution in [0.15, 0.2) is 77.4 Å². The molecule has 0 N–H and O–H groups in total. The molecule has 0 spiro atoms. The third-order valence-electron chi connectivity index (χ3n) is 4.10. The van der Waals surface area contributed by atoms with Crippen LogP contribution < -0.4 is 0 Å². The number of benzene rings is 2. The average Bonchev–Trinajstić information content (AvgIpc) is 3.35. The molecule has 0 aliphatic rings. The number of hydrogen-bond donors (Lipinski definition) is 0. The summed E-state index contributed by atoms with van der Waals surface area (Å²) in [5.74, 6) is 0.00508. The number of aromatic nitrogens is 2. The van der Waals surface area contributed by atoms with E-state index < -0.39 is 5.97 Å². The molecule has 0 unspecified atom stereocenters. The van der Waals surface area contributed by atoms with Gasteiger partial charge in [-0.2, -0.15) is 10.4 Å². The zero-order chi connectivity index (χ0) is 19.3. The van der Waals surface area contributed by atoms with Crippen molar-refractivity contribution in [3.63, 3.8) is 0 Å². The van der Waals surface area contributed by atoms with Crippen LogP contribution >= 0.6 is 0 Å². The van der Waals surface area contributed by atoms with Crippen molar-refractivity contribution >= 4 is 23.0 Å². The Morgan fingerprint density at radius 1 is 1.18 bits per heavy atom. The Balaban J connectivity index is 1.76. The molecule has 4 aromatic rings. The van der Waals surface area contributed by atoms with E-state index in [0.29, 0.717) is 17.0 Å². The number of nitriles is 1. The van der Waals surface area contributed by atoms with Gasteiger partial charge in [-0.05, 0) is 30.3 Å². The number of fused-ring (bicyclic) bond motifs is 1. The molecule has 0 bridgehead atoms. The fourth-order valence-electron chi connectivity index (χ4n) is 2.82. The molecule has 0 aliphatic carbocycles. The summed E-state index contributed by atoms with van der Waals surface area (Å²) in [4.78, 5) is 11.7. The highest BCUT2D eigenvalue weighted by Crippen LogP contribution is 2.30. The van der Waals surface area contributed by atoms with Gasteiger partial charge in [0.05, 0.1) is 5.69 Å². The van der Waals surface area contributed by atoms with Crippen molar-refractivity contribution < 1.29 is 13.9 Å². The molecule has 0 radical (unpaired) electrons. The van der Waals surface area contributed by atoms with Gasteiger partial charge < -0.3 is 9.15 Å². The molecule has 2 aromatic heterocycles. The minimum absolute atomic E-state index is 0.289. The second kappa shape index (κ2) is 7.64. The SMILES string of the molecule is N#CCOC(=O)C=Cc1cn(-c2ccccc2)nc1-c1cc2ccccc2o1. The third kappa shape index (κ3) is 3.55. The fourth-order valence-corrected chi connectivity index (χ4v) is 2.82. The van der Waals surface area contributed by atoms with Gasteiger partial charge in [0, 0.05) is 23.2 Å². The number of esters is 1. The molecule has 136 valence electrons. The lowest BCUT2D eigenvalue weighted by Gasteiger charge is -1.98. The molecule has 0 saturated heterocycles. The van der Waals surface area contributed by atoms with Crippen molar-refractivity contribution in [1.29, 1.82) is 5.26 Å². The number of hydrogen-bond acceptors (Lipinski definition) is 5. The molecule has 0 atom stereocenters. The Bertz CT molecular complexity index is 1160. The standard InChI is InChI=1S/C22H15N3O3/c23-12-13-27-21(26)11-10-17-15-25(18-7-2-1-3-8-18)24-22(17)20-14-16-6-4-5-9-19(16)28-20/h1-11,14-15H,13H2. The van der Waals surface area contributed by atoms with E-state index in [9.17, 15) is 4.79 Å². The first-order valence-corrected chi connectivity index (χ1v) is 8.60. The topological polar surface area (TPSA) is 81.0 Å². The highest BCUT2D eigenvalue weighted by molar-refractivity contribution is 5.89. The lowest BCUT2D eigenvalue weighted by atomic mass is 10.2. The predicted octanol–water partition coefficient (Wildman–Crippen LogP) is 4.37. The van der Waals surface area contributed by atoms with E-state index in [2.05, 4.69) is 5.10 Å². The predicted molar refractivity (Wildman–Crippen MR) is 104 cm³/mol. The van der Waals surface area contributed by atoms with E-state index in [4.69, 9.17) is 14.4 Å². The number of furan rings is 1. The summed E-state index contributed by atoms with van der Waals surface area (Å²) >= 11 is 0. The first-order valence-electron chi connectivity index (χ1n) is 8.60. The minimum Gasteiger partial charge on any atom is -0.454 e. The van der Waals surface area contributed by atoms with E-state index in [-0.39, 0.29) is 6.61 Å². The van der Waals surface area contributed by atoms with E-state index >= 15 is 0 Å². The Morgan fingerprint density at radius 2 is 1.96 bits per heavy atom. The van der Waals surface area contributed by atoms with E-state index in [1.165, 1.54) is 6.08 Å². The zero-order valence-electron chi connectivity index (χ0n) is 14.8. The fraction of sp³-hybridized carbons (Fsp3) is 0.0455. The Labute approximate surface area is 160 Å². The maximum Gasteiger partial charge on any atom is 0.331 e. The molecule has 0 saturated carbocycles. The molecule has 6 nitrogen and oxygen atoms in total. The smallest absolute Gasteiger partial charge is 0.331 e. The summed E-state index contributed by atoms with van der Waals surface area (Å²) in [6, 6.07) is 21.0. The van der Waals surface area contributed by atoms with Gasteiger partial charge >= 0.3 is 5.97 Å². The number of rotatable bonds is 5. The normalized spacial score (nSPS) is 11.0. The van der Waals surface area contributed by atoms with Gasteiger partial charge in [0.1, 0.15) is 17.3 Å². The van der Waals surface area contributed by atoms with Gasteiger partial charge in [0.2, 0.25) is 0 Å².